The van der Waals surface area contributed by atoms with E-state index in [1.54, 1.807) is 30.3 Å². The Morgan fingerprint density at radius 1 is 1.19 bits per heavy atom. The van der Waals surface area contributed by atoms with Crippen LogP contribution >= 0.6 is 0 Å². The Kier molecular flexibility index (Phi) is 4.54. The van der Waals surface area contributed by atoms with E-state index in [4.69, 9.17) is 4.52 Å². The molecule has 1 aromatic carbocycles. The summed E-state index contributed by atoms with van der Waals surface area (Å²) in [7, 11) is -3.59. The van der Waals surface area contributed by atoms with Gasteiger partial charge in [-0.1, -0.05) is 23.4 Å². The average Bonchev–Trinajstić information content (AvgIpc) is 3.38. The van der Waals surface area contributed by atoms with Crippen molar-refractivity contribution in [2.24, 2.45) is 5.92 Å². The van der Waals surface area contributed by atoms with Gasteiger partial charge in [-0.25, -0.2) is 13.1 Å². The molecule has 0 radical (unpaired) electrons. The van der Waals surface area contributed by atoms with Crippen LogP contribution in [0.5, 0.6) is 0 Å². The number of nitrogens with one attached hydrogen (secondary N) is 2. The Morgan fingerprint density at radius 3 is 2.69 bits per heavy atom. The van der Waals surface area contributed by atoms with Crippen molar-refractivity contribution in [1.29, 1.82) is 0 Å². The van der Waals surface area contributed by atoms with Gasteiger partial charge in [-0.3, -0.25) is 4.79 Å². The zero-order valence-electron chi connectivity index (χ0n) is 14.3. The van der Waals surface area contributed by atoms with Crippen molar-refractivity contribution < 1.29 is 17.7 Å². The van der Waals surface area contributed by atoms with Crippen LogP contribution in [0.15, 0.2) is 39.8 Å². The van der Waals surface area contributed by atoms with Gasteiger partial charge < -0.3 is 9.84 Å². The predicted octanol–water partition coefficient (Wildman–Crippen LogP) is 1.65. The first-order valence-corrected chi connectivity index (χ1v) is 10.3. The molecule has 1 aromatic heterocycles. The van der Waals surface area contributed by atoms with Gasteiger partial charge in [-0.15, -0.1) is 0 Å². The number of carbonyl (C=O) groups excluding carboxylic acids is 1. The van der Waals surface area contributed by atoms with E-state index in [-0.39, 0.29) is 22.5 Å². The molecule has 1 saturated carbocycles. The maximum Gasteiger partial charge on any atom is 0.273 e. The van der Waals surface area contributed by atoms with Crippen LogP contribution < -0.4 is 10.0 Å². The molecule has 1 atom stereocenters. The molecule has 0 aliphatic heterocycles. The van der Waals surface area contributed by atoms with E-state index < -0.39 is 10.0 Å². The molecule has 0 saturated heterocycles. The van der Waals surface area contributed by atoms with Crippen molar-refractivity contribution in [3.05, 3.63) is 47.3 Å². The highest BCUT2D eigenvalue weighted by atomic mass is 32.2. The van der Waals surface area contributed by atoms with Gasteiger partial charge in [0, 0.05) is 24.6 Å². The van der Waals surface area contributed by atoms with Gasteiger partial charge in [0.05, 0.1) is 4.90 Å². The fourth-order valence-corrected chi connectivity index (χ4v) is 4.50. The van der Waals surface area contributed by atoms with Crippen LogP contribution in [0.4, 0.5) is 0 Å². The molecule has 1 fully saturated rings. The summed E-state index contributed by atoms with van der Waals surface area (Å²) < 4.78 is 33.1. The summed E-state index contributed by atoms with van der Waals surface area (Å²) in [6, 6.07) is 7.99. The molecule has 8 heteroatoms. The Bertz CT molecular complexity index is 904. The van der Waals surface area contributed by atoms with E-state index in [1.165, 1.54) is 0 Å². The van der Waals surface area contributed by atoms with Crippen molar-refractivity contribution >= 4 is 15.9 Å². The number of fused-ring (bicyclic) bond motifs is 1. The number of amides is 1. The van der Waals surface area contributed by atoms with Gasteiger partial charge >= 0.3 is 0 Å². The zero-order chi connectivity index (χ0) is 18.1. The molecule has 7 nitrogen and oxygen atoms in total. The van der Waals surface area contributed by atoms with Crippen molar-refractivity contribution in [1.82, 2.24) is 15.2 Å². The normalized spacial score (nSPS) is 19.8. The van der Waals surface area contributed by atoms with Crippen LogP contribution in [0.1, 0.15) is 41.1 Å². The molecule has 26 heavy (non-hydrogen) atoms. The van der Waals surface area contributed by atoms with Gasteiger partial charge in [-0.05, 0) is 43.7 Å². The van der Waals surface area contributed by atoms with Gasteiger partial charge in [0.1, 0.15) is 5.76 Å². The maximum atomic E-state index is 12.5. The van der Waals surface area contributed by atoms with Crippen LogP contribution in [-0.4, -0.2) is 32.1 Å². The minimum Gasteiger partial charge on any atom is -0.360 e. The fourth-order valence-electron chi connectivity index (χ4n) is 3.21. The van der Waals surface area contributed by atoms with Gasteiger partial charge in [0.2, 0.25) is 10.0 Å². The lowest BCUT2D eigenvalue weighted by atomic mass is 9.92. The lowest BCUT2D eigenvalue weighted by Crippen LogP contribution is -2.39. The van der Waals surface area contributed by atoms with Gasteiger partial charge in [-0.2, -0.15) is 0 Å². The van der Waals surface area contributed by atoms with Crippen LogP contribution in [-0.2, 0) is 22.9 Å². The summed E-state index contributed by atoms with van der Waals surface area (Å²) in [6.07, 6.45) is 3.87. The third kappa shape index (κ3) is 3.66. The molecule has 1 unspecified atom stereocenters. The number of nitrogens with zero attached hydrogens (tertiary/aromatic N) is 1. The quantitative estimate of drug-likeness (QED) is 0.799. The number of hydrogen-bond acceptors (Lipinski definition) is 5. The Labute approximate surface area is 152 Å². The highest BCUT2D eigenvalue weighted by molar-refractivity contribution is 7.89. The van der Waals surface area contributed by atoms with Crippen molar-refractivity contribution in [2.75, 3.05) is 6.54 Å². The molecule has 4 rings (SSSR count). The topological polar surface area (TPSA) is 101 Å². The molecule has 2 N–H and O–H groups in total. The molecular weight excluding hydrogens is 354 g/mol. The van der Waals surface area contributed by atoms with Crippen molar-refractivity contribution in [2.45, 2.75) is 43.0 Å². The van der Waals surface area contributed by atoms with Crippen molar-refractivity contribution in [3.8, 4) is 0 Å². The minimum atomic E-state index is -3.59. The smallest absolute Gasteiger partial charge is 0.273 e. The van der Waals surface area contributed by atoms with E-state index in [1.807, 2.05) is 0 Å². The second kappa shape index (κ2) is 6.85. The number of rotatable bonds is 6. The standard InChI is InChI=1S/C18H21N3O4S/c22-18(19-11-12-6-7-12)17-15-10-13(8-9-16(15)25-20-17)21-26(23,24)14-4-2-1-3-5-14/h1-5,12-13,21H,6-11H2,(H,19,22). The first kappa shape index (κ1) is 17.2. The summed E-state index contributed by atoms with van der Waals surface area (Å²) in [6.45, 7) is 0.657. The van der Waals surface area contributed by atoms with Gasteiger partial charge in [0.15, 0.2) is 5.69 Å². The molecule has 2 aromatic rings. The lowest BCUT2D eigenvalue weighted by molar-refractivity contribution is 0.0942. The van der Waals surface area contributed by atoms with Crippen LogP contribution in [0.3, 0.4) is 0 Å². The highest BCUT2D eigenvalue weighted by Gasteiger charge is 2.31. The number of carbonyl (C=O) groups is 1. The third-order valence-electron chi connectivity index (χ3n) is 4.88. The fraction of sp³-hybridized carbons (Fsp3) is 0.444. The summed E-state index contributed by atoms with van der Waals surface area (Å²) in [5.41, 5.74) is 0.995. The Hall–Kier alpha value is -2.19. The molecule has 1 amide bonds. The summed E-state index contributed by atoms with van der Waals surface area (Å²) >= 11 is 0. The maximum absolute atomic E-state index is 12.5. The molecule has 138 valence electrons. The second-order valence-corrected chi connectivity index (χ2v) is 8.67. The van der Waals surface area contributed by atoms with E-state index in [0.717, 1.165) is 12.8 Å². The number of sulfonamides is 1. The number of aryl methyl sites for hydroxylation is 1. The number of aromatic nitrogens is 1. The molecule has 1 heterocycles. The second-order valence-electron chi connectivity index (χ2n) is 6.96. The van der Waals surface area contributed by atoms with E-state index >= 15 is 0 Å². The van der Waals surface area contributed by atoms with Gasteiger partial charge in [0.25, 0.3) is 5.91 Å². The monoisotopic (exact) mass is 375 g/mol. The third-order valence-corrected chi connectivity index (χ3v) is 6.41. The largest absolute Gasteiger partial charge is 0.360 e. The molecule has 0 bridgehead atoms. The van der Waals surface area contributed by atoms with Crippen LogP contribution in [0.25, 0.3) is 0 Å². The van der Waals surface area contributed by atoms with Crippen LogP contribution in [0, 0.1) is 5.92 Å². The van der Waals surface area contributed by atoms with Crippen molar-refractivity contribution in [3.63, 3.8) is 0 Å². The summed E-state index contributed by atoms with van der Waals surface area (Å²) in [5.74, 6) is 1.01. The molecule has 2 aliphatic rings. The Balaban J connectivity index is 1.47. The van der Waals surface area contributed by atoms with Crippen LogP contribution in [0.2, 0.25) is 0 Å². The SMILES string of the molecule is O=C(NCC1CC1)c1noc2c1CC(NS(=O)(=O)c1ccccc1)CC2. The highest BCUT2D eigenvalue weighted by Crippen LogP contribution is 2.28. The summed E-state index contributed by atoms with van der Waals surface area (Å²) in [5, 5.41) is 6.81. The van der Waals surface area contributed by atoms with E-state index in [2.05, 4.69) is 15.2 Å². The minimum absolute atomic E-state index is 0.235. The van der Waals surface area contributed by atoms with E-state index in [0.29, 0.717) is 43.0 Å². The molecule has 0 spiro atoms. The number of hydrogen-bond donors (Lipinski definition) is 2. The predicted molar refractivity (Wildman–Crippen MR) is 94.1 cm³/mol. The number of benzene rings is 1. The first-order chi connectivity index (χ1) is 12.5. The zero-order valence-corrected chi connectivity index (χ0v) is 15.1. The molecule has 2 aliphatic carbocycles. The Morgan fingerprint density at radius 2 is 1.96 bits per heavy atom. The average molecular weight is 375 g/mol. The lowest BCUT2D eigenvalue weighted by Gasteiger charge is -2.22. The first-order valence-electron chi connectivity index (χ1n) is 8.86. The molecular formula is C18H21N3O4S. The summed E-state index contributed by atoms with van der Waals surface area (Å²) in [4.78, 5) is 12.6. The van der Waals surface area contributed by atoms with E-state index in [9.17, 15) is 13.2 Å².